The molecule has 0 atom stereocenters. The normalized spacial score (nSPS) is 12.8. The Labute approximate surface area is 256 Å². The second-order valence-electron chi connectivity index (χ2n) is 10.7. The van der Waals surface area contributed by atoms with Crippen molar-refractivity contribution in [1.29, 1.82) is 0 Å². The molecule has 7 nitrogen and oxygen atoms in total. The predicted octanol–water partition coefficient (Wildman–Crippen LogP) is 7.49. The monoisotopic (exact) mass is 595 g/mol. The molecule has 0 fully saturated rings. The predicted molar refractivity (Wildman–Crippen MR) is 172 cm³/mol. The van der Waals surface area contributed by atoms with Gasteiger partial charge in [-0.15, -0.1) is 11.3 Å². The van der Waals surface area contributed by atoms with Crippen molar-refractivity contribution in [3.63, 3.8) is 0 Å². The summed E-state index contributed by atoms with van der Waals surface area (Å²) in [7, 11) is 0. The first kappa shape index (κ1) is 30.0. The number of anilines is 1. The number of thiazole rings is 1. The fourth-order valence-corrected chi connectivity index (χ4v) is 5.91. The highest BCUT2D eigenvalue weighted by Gasteiger charge is 2.16. The number of hydrogen-bond donors (Lipinski definition) is 2. The minimum Gasteiger partial charge on any atom is -0.489 e. The summed E-state index contributed by atoms with van der Waals surface area (Å²) in [5, 5.41) is 14.5. The van der Waals surface area contributed by atoms with E-state index in [1.54, 1.807) is 23.5 Å². The second kappa shape index (κ2) is 15.2. The van der Waals surface area contributed by atoms with E-state index in [2.05, 4.69) is 39.9 Å². The van der Waals surface area contributed by atoms with E-state index < -0.39 is 5.97 Å². The van der Waals surface area contributed by atoms with Crippen LogP contribution in [-0.4, -0.2) is 35.1 Å². The molecule has 0 saturated heterocycles. The third kappa shape index (κ3) is 9.03. The van der Waals surface area contributed by atoms with Gasteiger partial charge in [0.25, 0.3) is 5.91 Å². The zero-order valence-corrected chi connectivity index (χ0v) is 25.0. The van der Waals surface area contributed by atoms with Crippen molar-refractivity contribution in [2.45, 2.75) is 51.7 Å². The summed E-state index contributed by atoms with van der Waals surface area (Å²) in [5.74, 6) is -0.397. The molecule has 0 spiro atoms. The molecule has 2 N–H and O–H groups in total. The van der Waals surface area contributed by atoms with Crippen LogP contribution in [0.3, 0.4) is 0 Å². The van der Waals surface area contributed by atoms with Crippen LogP contribution in [0.5, 0.6) is 5.75 Å². The number of rotatable bonds is 14. The first-order valence-electron chi connectivity index (χ1n) is 14.8. The van der Waals surface area contributed by atoms with Crippen LogP contribution < -0.4 is 15.0 Å². The average molecular weight is 596 g/mol. The van der Waals surface area contributed by atoms with Crippen molar-refractivity contribution in [2.24, 2.45) is 0 Å². The number of aliphatic carboxylic acids is 1. The SMILES string of the molecule is O=C(O)CCNC(=O)c1ccc(CN(CCC2=CCCCC2)c2nc(-c3cccc(OCc4ccccc4)c3)cs2)cc1. The van der Waals surface area contributed by atoms with E-state index in [4.69, 9.17) is 14.8 Å². The Morgan fingerprint density at radius 3 is 2.58 bits per heavy atom. The summed E-state index contributed by atoms with van der Waals surface area (Å²) in [6.45, 7) is 2.14. The quantitative estimate of drug-likeness (QED) is 0.147. The van der Waals surface area contributed by atoms with E-state index in [-0.39, 0.29) is 18.9 Å². The molecule has 1 amide bonds. The van der Waals surface area contributed by atoms with Gasteiger partial charge in [0, 0.05) is 36.1 Å². The molecule has 43 heavy (non-hydrogen) atoms. The molecule has 1 aliphatic rings. The fourth-order valence-electron chi connectivity index (χ4n) is 5.05. The Morgan fingerprint density at radius 2 is 1.81 bits per heavy atom. The number of aromatic nitrogens is 1. The van der Waals surface area contributed by atoms with Gasteiger partial charge in [0.2, 0.25) is 0 Å². The van der Waals surface area contributed by atoms with Gasteiger partial charge in [0.05, 0.1) is 12.1 Å². The zero-order valence-electron chi connectivity index (χ0n) is 24.2. The van der Waals surface area contributed by atoms with Gasteiger partial charge >= 0.3 is 5.97 Å². The summed E-state index contributed by atoms with van der Waals surface area (Å²) in [4.78, 5) is 30.5. The maximum Gasteiger partial charge on any atom is 0.305 e. The van der Waals surface area contributed by atoms with E-state index >= 15 is 0 Å². The number of nitrogens with one attached hydrogen (secondary N) is 1. The molecule has 1 heterocycles. The summed E-state index contributed by atoms with van der Waals surface area (Å²) >= 11 is 1.64. The van der Waals surface area contributed by atoms with Crippen LogP contribution >= 0.6 is 11.3 Å². The first-order chi connectivity index (χ1) is 21.0. The van der Waals surface area contributed by atoms with Gasteiger partial charge in [0.15, 0.2) is 5.13 Å². The average Bonchev–Trinajstić information content (AvgIpc) is 3.54. The Bertz CT molecular complexity index is 1530. The van der Waals surface area contributed by atoms with E-state index in [0.29, 0.717) is 18.7 Å². The van der Waals surface area contributed by atoms with Gasteiger partial charge in [-0.2, -0.15) is 0 Å². The number of nitrogens with zero attached hydrogens (tertiary/aromatic N) is 2. The molecule has 1 aliphatic carbocycles. The van der Waals surface area contributed by atoms with Crippen LogP contribution in [0, 0.1) is 0 Å². The van der Waals surface area contributed by atoms with Crippen molar-refractivity contribution >= 4 is 28.3 Å². The van der Waals surface area contributed by atoms with Gasteiger partial charge in [-0.3, -0.25) is 9.59 Å². The minimum atomic E-state index is -0.936. The van der Waals surface area contributed by atoms with Gasteiger partial charge in [-0.05, 0) is 67.5 Å². The fraction of sp³-hybridized carbons (Fsp3) is 0.286. The molecule has 0 bridgehead atoms. The number of carboxylic acids is 1. The molecule has 3 aromatic carbocycles. The lowest BCUT2D eigenvalue weighted by Crippen LogP contribution is -2.26. The summed E-state index contributed by atoms with van der Waals surface area (Å²) < 4.78 is 6.06. The lowest BCUT2D eigenvalue weighted by molar-refractivity contribution is -0.136. The number of carboxylic acid groups (broad SMARTS) is 1. The van der Waals surface area contributed by atoms with Crippen LogP contribution in [-0.2, 0) is 17.9 Å². The third-order valence-electron chi connectivity index (χ3n) is 7.44. The molecule has 4 aromatic rings. The molecule has 0 radical (unpaired) electrons. The van der Waals surface area contributed by atoms with Gasteiger partial charge in [-0.1, -0.05) is 66.2 Å². The number of carbonyl (C=O) groups is 2. The van der Waals surface area contributed by atoms with Crippen LogP contribution in [0.2, 0.25) is 0 Å². The number of benzene rings is 3. The minimum absolute atomic E-state index is 0.101. The van der Waals surface area contributed by atoms with Crippen LogP contribution in [0.15, 0.2) is 95.9 Å². The highest BCUT2D eigenvalue weighted by Crippen LogP contribution is 2.31. The first-order valence-corrected chi connectivity index (χ1v) is 15.7. The summed E-state index contributed by atoms with van der Waals surface area (Å²) in [6, 6.07) is 25.7. The van der Waals surface area contributed by atoms with Crippen molar-refractivity contribution in [2.75, 3.05) is 18.0 Å². The van der Waals surface area contributed by atoms with Crippen molar-refractivity contribution in [1.82, 2.24) is 10.3 Å². The van der Waals surface area contributed by atoms with Crippen LogP contribution in [0.1, 0.15) is 60.0 Å². The Morgan fingerprint density at radius 1 is 0.977 bits per heavy atom. The van der Waals surface area contributed by atoms with Crippen LogP contribution in [0.25, 0.3) is 11.3 Å². The van der Waals surface area contributed by atoms with E-state index in [1.807, 2.05) is 48.5 Å². The highest BCUT2D eigenvalue weighted by atomic mass is 32.1. The number of carbonyl (C=O) groups excluding carboxylic acids is 1. The standard InChI is InChI=1S/C35H37N3O4S/c39-33(40)18-20-36-34(41)29-16-14-27(15-17-29)23-38(21-19-26-8-3-1-4-9-26)35-37-32(25-43-35)30-12-7-13-31(22-30)42-24-28-10-5-2-6-11-28/h2,5-8,10-17,22,25H,1,3-4,9,18-21,23-24H2,(H,36,41)(H,39,40). The number of allylic oxidation sites excluding steroid dienone is 1. The van der Waals surface area contributed by atoms with Crippen molar-refractivity contribution in [3.05, 3.63) is 113 Å². The lowest BCUT2D eigenvalue weighted by atomic mass is 9.97. The smallest absolute Gasteiger partial charge is 0.305 e. The maximum atomic E-state index is 12.4. The van der Waals surface area contributed by atoms with Crippen molar-refractivity contribution < 1.29 is 19.4 Å². The Kier molecular flexibility index (Phi) is 10.6. The molecule has 0 unspecified atom stereocenters. The van der Waals surface area contributed by atoms with Crippen molar-refractivity contribution in [3.8, 4) is 17.0 Å². The summed E-state index contributed by atoms with van der Waals surface area (Å²) in [5.41, 5.74) is 6.16. The van der Waals surface area contributed by atoms with E-state index in [9.17, 15) is 9.59 Å². The number of amides is 1. The van der Waals surface area contributed by atoms with E-state index in [1.165, 1.54) is 24.8 Å². The topological polar surface area (TPSA) is 91.8 Å². The van der Waals surface area contributed by atoms with Gasteiger partial charge in [0.1, 0.15) is 12.4 Å². The Hall–Kier alpha value is -4.43. The maximum absolute atomic E-state index is 12.4. The summed E-state index contributed by atoms with van der Waals surface area (Å²) in [6.07, 6.45) is 8.15. The third-order valence-corrected chi connectivity index (χ3v) is 8.34. The molecule has 8 heteroatoms. The Balaban J connectivity index is 1.28. The lowest BCUT2D eigenvalue weighted by Gasteiger charge is -2.24. The molecule has 0 saturated carbocycles. The number of hydrogen-bond acceptors (Lipinski definition) is 6. The molecule has 222 valence electrons. The molecule has 0 aliphatic heterocycles. The molecule has 1 aromatic heterocycles. The molecular formula is C35H37N3O4S. The second-order valence-corrected chi connectivity index (χ2v) is 11.5. The van der Waals surface area contributed by atoms with Gasteiger partial charge < -0.3 is 20.1 Å². The number of ether oxygens (including phenoxy) is 1. The van der Waals surface area contributed by atoms with Crippen LogP contribution in [0.4, 0.5) is 5.13 Å². The largest absolute Gasteiger partial charge is 0.489 e. The highest BCUT2D eigenvalue weighted by molar-refractivity contribution is 7.14. The molecular weight excluding hydrogens is 558 g/mol. The molecule has 5 rings (SSSR count). The van der Waals surface area contributed by atoms with E-state index in [0.717, 1.165) is 52.7 Å². The van der Waals surface area contributed by atoms with Gasteiger partial charge in [-0.25, -0.2) is 4.98 Å². The zero-order chi connectivity index (χ0) is 29.9.